The molecule has 1 atom stereocenters. The summed E-state index contributed by atoms with van der Waals surface area (Å²) in [4.78, 5) is 16.1. The van der Waals surface area contributed by atoms with Crippen LogP contribution in [0, 0.1) is 0 Å². The van der Waals surface area contributed by atoms with Gasteiger partial charge >= 0.3 is 12.1 Å². The molecule has 0 saturated heterocycles. The van der Waals surface area contributed by atoms with Gasteiger partial charge in [0.05, 0.1) is 16.3 Å². The number of nitrogens with one attached hydrogen (secondary N) is 1. The summed E-state index contributed by atoms with van der Waals surface area (Å²) >= 11 is 12.5. The lowest BCUT2D eigenvalue weighted by atomic mass is 10.0. The van der Waals surface area contributed by atoms with Gasteiger partial charge in [0.2, 0.25) is 0 Å². The van der Waals surface area contributed by atoms with Crippen LogP contribution in [0.4, 0.5) is 18.9 Å². The van der Waals surface area contributed by atoms with Crippen LogP contribution < -0.4 is 4.72 Å². The van der Waals surface area contributed by atoms with Gasteiger partial charge in [0.15, 0.2) is 0 Å². The van der Waals surface area contributed by atoms with E-state index in [4.69, 9.17) is 28.2 Å². The number of aromatic nitrogens is 2. The highest BCUT2D eigenvalue weighted by atomic mass is 35.5. The monoisotopic (exact) mass is 655 g/mol. The van der Waals surface area contributed by atoms with E-state index in [1.165, 1.54) is 12.1 Å². The van der Waals surface area contributed by atoms with Crippen molar-refractivity contribution in [3.63, 3.8) is 0 Å². The minimum Gasteiger partial charge on any atom is -0.478 e. The number of carboxylic acids is 1. The lowest BCUT2D eigenvalue weighted by molar-refractivity contribution is -0.105. The van der Waals surface area contributed by atoms with E-state index in [-0.39, 0.29) is 5.56 Å². The van der Waals surface area contributed by atoms with Gasteiger partial charge in [-0.05, 0) is 77.4 Å². The quantitative estimate of drug-likeness (QED) is 0.166. The fraction of sp³-hybridized carbons (Fsp3) is 0.0625. The molecule has 12 heteroatoms. The largest absolute Gasteiger partial charge is 0.478 e. The molecular formula is C32H22Cl2F3N3O3S. The number of benzene rings is 4. The molecule has 0 radical (unpaired) electrons. The van der Waals surface area contributed by atoms with E-state index < -0.39 is 28.9 Å². The molecule has 0 fully saturated rings. The Morgan fingerprint density at radius 2 is 1.66 bits per heavy atom. The molecule has 1 unspecified atom stereocenters. The minimum absolute atomic E-state index is 0.155. The summed E-state index contributed by atoms with van der Waals surface area (Å²) in [6.45, 7) is 0. The summed E-state index contributed by atoms with van der Waals surface area (Å²) in [6.07, 6.45) is 0.940. The number of carbonyl (C=O) groups is 1. The molecule has 0 saturated carbocycles. The number of imidazole rings is 1. The van der Waals surface area contributed by atoms with Gasteiger partial charge in [-0.15, -0.1) is 0 Å². The zero-order valence-corrected chi connectivity index (χ0v) is 24.9. The van der Waals surface area contributed by atoms with Crippen LogP contribution in [0.3, 0.4) is 0 Å². The van der Waals surface area contributed by atoms with Gasteiger partial charge in [-0.2, -0.15) is 13.2 Å². The molecule has 1 aromatic heterocycles. The van der Waals surface area contributed by atoms with E-state index in [1.54, 1.807) is 60.8 Å². The summed E-state index contributed by atoms with van der Waals surface area (Å²) in [5.74, 6) is -1.92. The number of nitrogens with zero attached hydrogens (tertiary/aromatic N) is 2. The Morgan fingerprint density at radius 3 is 2.32 bits per heavy atom. The van der Waals surface area contributed by atoms with Gasteiger partial charge in [-0.3, -0.25) is 4.57 Å². The molecule has 0 aliphatic carbocycles. The highest BCUT2D eigenvalue weighted by Crippen LogP contribution is 2.31. The summed E-state index contributed by atoms with van der Waals surface area (Å²) in [7, 11) is -2.29. The van der Waals surface area contributed by atoms with Crippen molar-refractivity contribution in [3.8, 4) is 28.1 Å². The summed E-state index contributed by atoms with van der Waals surface area (Å²) in [5.41, 5.74) is 4.82. The first-order chi connectivity index (χ1) is 20.9. The van der Waals surface area contributed by atoms with Crippen LogP contribution in [0.5, 0.6) is 0 Å². The first-order valence-electron chi connectivity index (χ1n) is 12.9. The van der Waals surface area contributed by atoms with Gasteiger partial charge < -0.3 is 9.83 Å². The molecule has 0 aliphatic heterocycles. The number of anilines is 1. The van der Waals surface area contributed by atoms with E-state index in [0.717, 1.165) is 16.7 Å². The topological polar surface area (TPSA) is 84.2 Å². The van der Waals surface area contributed by atoms with Crippen LogP contribution in [0.1, 0.15) is 21.7 Å². The number of carboxylic acid groups (broad SMARTS) is 1. The highest BCUT2D eigenvalue weighted by Gasteiger charge is 2.30. The molecule has 6 nitrogen and oxygen atoms in total. The molecule has 0 bridgehead atoms. The fourth-order valence-corrected chi connectivity index (χ4v) is 5.61. The van der Waals surface area contributed by atoms with Crippen molar-refractivity contribution in [2.45, 2.75) is 6.18 Å². The number of rotatable bonds is 9. The Balaban J connectivity index is 1.41. The van der Waals surface area contributed by atoms with Gasteiger partial charge in [-0.25, -0.2) is 14.0 Å². The molecule has 0 spiro atoms. The summed E-state index contributed by atoms with van der Waals surface area (Å²) in [5, 5.41) is 10.2. The zero-order chi connectivity index (χ0) is 31.4. The Morgan fingerprint density at radius 1 is 0.932 bits per heavy atom. The summed E-state index contributed by atoms with van der Waals surface area (Å²) < 4.78 is 53.7. The van der Waals surface area contributed by atoms with Gasteiger partial charge in [0.1, 0.15) is 22.6 Å². The molecular weight excluding hydrogens is 634 g/mol. The smallest absolute Gasteiger partial charge is 0.402 e. The number of halogens is 5. The van der Waals surface area contributed by atoms with Crippen molar-refractivity contribution >= 4 is 58.0 Å². The molecule has 0 aliphatic rings. The van der Waals surface area contributed by atoms with Crippen LogP contribution in [0.15, 0.2) is 97.2 Å². The predicted octanol–water partition coefficient (Wildman–Crippen LogP) is 9.02. The predicted molar refractivity (Wildman–Crippen MR) is 169 cm³/mol. The van der Waals surface area contributed by atoms with E-state index in [9.17, 15) is 27.3 Å². The molecule has 2 N–H and O–H groups in total. The maximum Gasteiger partial charge on any atom is 0.402 e. The highest BCUT2D eigenvalue weighted by molar-refractivity contribution is 7.86. The van der Waals surface area contributed by atoms with E-state index in [0.29, 0.717) is 38.5 Å². The Bertz CT molecular complexity index is 1870. The minimum atomic E-state index is -4.54. The van der Waals surface area contributed by atoms with Crippen molar-refractivity contribution in [2.24, 2.45) is 0 Å². The fourth-order valence-electron chi connectivity index (χ4n) is 4.35. The Labute approximate surface area is 263 Å². The molecule has 0 amide bonds. The molecule has 1 heterocycles. The van der Waals surface area contributed by atoms with E-state index >= 15 is 0 Å². The van der Waals surface area contributed by atoms with Crippen molar-refractivity contribution < 1.29 is 27.3 Å². The molecule has 4 aromatic carbocycles. The van der Waals surface area contributed by atoms with Crippen molar-refractivity contribution in [3.05, 3.63) is 124 Å². The van der Waals surface area contributed by atoms with Crippen molar-refractivity contribution in [1.82, 2.24) is 9.55 Å². The third kappa shape index (κ3) is 7.76. The number of hydrogen-bond donors (Lipinski definition) is 2. The second kappa shape index (κ2) is 13.1. The zero-order valence-electron chi connectivity index (χ0n) is 22.6. The summed E-state index contributed by atoms with van der Waals surface area (Å²) in [6, 6.07) is 25.7. The number of alkyl halides is 3. The maximum absolute atomic E-state index is 12.5. The number of hydrogen-bond acceptors (Lipinski definition) is 3. The first-order valence-corrected chi connectivity index (χ1v) is 15.0. The second-order valence-corrected chi connectivity index (χ2v) is 11.6. The Hall–Kier alpha value is -4.38. The third-order valence-electron chi connectivity index (χ3n) is 6.39. The van der Waals surface area contributed by atoms with E-state index in [2.05, 4.69) is 4.72 Å². The van der Waals surface area contributed by atoms with Crippen LogP contribution in [0.2, 0.25) is 10.0 Å². The van der Waals surface area contributed by atoms with Gasteiger partial charge in [-0.1, -0.05) is 65.7 Å². The standard InChI is InChI=1S/C32H22Cl2F3N3O3S/c33-24-11-14-27(28(34)17-24)29-18-40(26-12-9-22(10-13-26)31(41)42)30(38-29)15-6-20-4-7-21(8-5-20)23-2-1-3-25(16-23)39-44(43)19-32(35,36)37/h1-18,39H,19H2,(H,41,42)/b15-6+. The molecule has 44 heavy (non-hydrogen) atoms. The lowest BCUT2D eigenvalue weighted by Crippen LogP contribution is -2.22. The molecule has 224 valence electrons. The van der Waals surface area contributed by atoms with E-state index in [1.807, 2.05) is 41.0 Å². The SMILES string of the molecule is O=C(O)c1ccc(-n2cc(-c3ccc(Cl)cc3Cl)nc2/C=C/c2ccc(-c3cccc(NS(=O)CC(F)(F)F)c3)cc2)cc1. The van der Waals surface area contributed by atoms with Crippen molar-refractivity contribution in [1.29, 1.82) is 0 Å². The average Bonchev–Trinajstić information content (AvgIpc) is 3.39. The Kier molecular flexibility index (Phi) is 9.24. The first kappa shape index (κ1) is 31.1. The van der Waals surface area contributed by atoms with Crippen LogP contribution in [-0.2, 0) is 11.0 Å². The molecule has 5 rings (SSSR count). The number of aromatic carboxylic acids is 1. The lowest BCUT2D eigenvalue weighted by Gasteiger charge is -2.10. The third-order valence-corrected chi connectivity index (χ3v) is 7.99. The van der Waals surface area contributed by atoms with Crippen LogP contribution in [-0.4, -0.2) is 36.8 Å². The normalized spacial score (nSPS) is 12.4. The van der Waals surface area contributed by atoms with Gasteiger partial charge in [0.25, 0.3) is 0 Å². The average molecular weight is 657 g/mol. The van der Waals surface area contributed by atoms with Crippen LogP contribution in [0.25, 0.3) is 40.2 Å². The second-order valence-electron chi connectivity index (χ2n) is 9.57. The van der Waals surface area contributed by atoms with Crippen molar-refractivity contribution in [2.75, 3.05) is 10.5 Å². The molecule has 5 aromatic rings. The maximum atomic E-state index is 12.5. The van der Waals surface area contributed by atoms with Crippen LogP contribution >= 0.6 is 23.2 Å². The van der Waals surface area contributed by atoms with Gasteiger partial charge in [0, 0.05) is 28.2 Å².